The van der Waals surface area contributed by atoms with Crippen LogP contribution in [0, 0.1) is 5.82 Å². The Balaban J connectivity index is 0.00000245. The zero-order chi connectivity index (χ0) is 21.4. The van der Waals surface area contributed by atoms with E-state index in [2.05, 4.69) is 27.9 Å². The minimum Gasteiger partial charge on any atom is -0.461 e. The Morgan fingerprint density at radius 2 is 2.00 bits per heavy atom. The van der Waals surface area contributed by atoms with E-state index in [9.17, 15) is 9.18 Å². The third-order valence-corrected chi connectivity index (χ3v) is 6.32. The molecule has 0 aliphatic carbocycles. The van der Waals surface area contributed by atoms with Crippen molar-refractivity contribution < 1.29 is 13.6 Å². The fourth-order valence-electron chi connectivity index (χ4n) is 4.60. The van der Waals surface area contributed by atoms with Gasteiger partial charge in [-0.3, -0.25) is 14.7 Å². The van der Waals surface area contributed by atoms with Crippen molar-refractivity contribution >= 4 is 35.0 Å². The summed E-state index contributed by atoms with van der Waals surface area (Å²) in [5.74, 6) is 0.845. The predicted molar refractivity (Wildman–Crippen MR) is 125 cm³/mol. The molecule has 6 nitrogen and oxygen atoms in total. The Morgan fingerprint density at radius 3 is 2.78 bits per heavy atom. The molecule has 170 valence electrons. The van der Waals surface area contributed by atoms with Crippen molar-refractivity contribution in [2.45, 2.75) is 25.8 Å². The summed E-state index contributed by atoms with van der Waals surface area (Å²) < 4.78 is 19.2. The maximum absolute atomic E-state index is 13.0. The molecule has 0 N–H and O–H groups in total. The molecule has 0 saturated carbocycles. The van der Waals surface area contributed by atoms with E-state index in [1.54, 1.807) is 6.07 Å². The number of anilines is 1. The van der Waals surface area contributed by atoms with E-state index in [0.29, 0.717) is 19.5 Å². The van der Waals surface area contributed by atoms with Crippen molar-refractivity contribution in [2.75, 3.05) is 44.7 Å². The summed E-state index contributed by atoms with van der Waals surface area (Å²) in [4.78, 5) is 23.3. The van der Waals surface area contributed by atoms with E-state index in [4.69, 9.17) is 4.42 Å². The van der Waals surface area contributed by atoms with Crippen molar-refractivity contribution in [3.63, 3.8) is 0 Å². The standard InChI is InChI=1S/C24H27FN4O2.ClH/c1-27-9-2-3-22-21(15-27)20-7-6-19(13-23(20)31-22)29-12-11-28(16-24(29)30)10-8-18-5-4-17(25)14-26-18;/h4-7,13-14H,2-3,8-12,15-16H2,1H3;1H. The summed E-state index contributed by atoms with van der Waals surface area (Å²) in [5.41, 5.74) is 3.89. The Bertz CT molecular complexity index is 1100. The van der Waals surface area contributed by atoms with Crippen LogP contribution < -0.4 is 4.90 Å². The Hall–Kier alpha value is -2.48. The number of hydrogen-bond donors (Lipinski definition) is 0. The van der Waals surface area contributed by atoms with Gasteiger partial charge in [-0.15, -0.1) is 12.4 Å². The van der Waals surface area contributed by atoms with Gasteiger partial charge in [-0.05, 0) is 44.3 Å². The first-order valence-electron chi connectivity index (χ1n) is 10.9. The number of hydrogen-bond acceptors (Lipinski definition) is 5. The van der Waals surface area contributed by atoms with Gasteiger partial charge in [0.05, 0.1) is 12.7 Å². The minimum atomic E-state index is -0.329. The number of carbonyl (C=O) groups is 1. The van der Waals surface area contributed by atoms with Gasteiger partial charge in [0, 0.05) is 67.4 Å². The molecule has 1 amide bonds. The summed E-state index contributed by atoms with van der Waals surface area (Å²) in [6, 6.07) is 9.28. The largest absolute Gasteiger partial charge is 0.461 e. The molecule has 3 aromatic rings. The zero-order valence-electron chi connectivity index (χ0n) is 18.2. The summed E-state index contributed by atoms with van der Waals surface area (Å²) in [7, 11) is 2.15. The van der Waals surface area contributed by atoms with Gasteiger partial charge < -0.3 is 14.2 Å². The van der Waals surface area contributed by atoms with Crippen molar-refractivity contribution in [1.82, 2.24) is 14.8 Å². The third-order valence-electron chi connectivity index (χ3n) is 6.32. The Morgan fingerprint density at radius 1 is 1.12 bits per heavy atom. The molecule has 5 rings (SSSR count). The molecule has 0 atom stereocenters. The number of aromatic nitrogens is 1. The number of benzene rings is 1. The molecule has 0 unspecified atom stereocenters. The van der Waals surface area contributed by atoms with Crippen LogP contribution in [0.15, 0.2) is 40.9 Å². The molecule has 0 bridgehead atoms. The van der Waals surface area contributed by atoms with Gasteiger partial charge in [0.2, 0.25) is 5.91 Å². The van der Waals surface area contributed by atoms with Crippen molar-refractivity contribution in [1.29, 1.82) is 0 Å². The van der Waals surface area contributed by atoms with E-state index >= 15 is 0 Å². The lowest BCUT2D eigenvalue weighted by Gasteiger charge is -2.34. The number of fused-ring (bicyclic) bond motifs is 3. The van der Waals surface area contributed by atoms with Gasteiger partial charge in [0.25, 0.3) is 0 Å². The number of amides is 1. The van der Waals surface area contributed by atoms with Gasteiger partial charge in [-0.25, -0.2) is 4.39 Å². The zero-order valence-corrected chi connectivity index (χ0v) is 19.0. The maximum Gasteiger partial charge on any atom is 0.241 e. The average Bonchev–Trinajstić information content (AvgIpc) is 2.98. The van der Waals surface area contributed by atoms with Crippen LogP contribution in [-0.4, -0.2) is 60.5 Å². The van der Waals surface area contributed by atoms with Crippen LogP contribution in [0.5, 0.6) is 0 Å². The highest BCUT2D eigenvalue weighted by atomic mass is 35.5. The number of carbonyl (C=O) groups excluding carboxylic acids is 1. The quantitative estimate of drug-likeness (QED) is 0.597. The Kier molecular flexibility index (Phi) is 6.79. The molecule has 2 aliphatic heterocycles. The topological polar surface area (TPSA) is 52.8 Å². The monoisotopic (exact) mass is 458 g/mol. The molecule has 4 heterocycles. The lowest BCUT2D eigenvalue weighted by molar-refractivity contribution is -0.121. The van der Waals surface area contributed by atoms with E-state index in [0.717, 1.165) is 67.1 Å². The first kappa shape index (κ1) is 22.7. The normalized spacial score (nSPS) is 17.8. The molecule has 1 saturated heterocycles. The molecule has 0 radical (unpaired) electrons. The molecule has 1 fully saturated rings. The predicted octanol–water partition coefficient (Wildman–Crippen LogP) is 3.66. The van der Waals surface area contributed by atoms with Crippen molar-refractivity contribution in [3.05, 3.63) is 59.4 Å². The summed E-state index contributed by atoms with van der Waals surface area (Å²) in [6.07, 6.45) is 4.00. The molecule has 8 heteroatoms. The second-order valence-electron chi connectivity index (χ2n) is 8.56. The first-order valence-corrected chi connectivity index (χ1v) is 10.9. The second kappa shape index (κ2) is 9.57. The third kappa shape index (κ3) is 4.65. The number of nitrogens with zero attached hydrogens (tertiary/aromatic N) is 4. The van der Waals surface area contributed by atoms with Crippen LogP contribution in [0.2, 0.25) is 0 Å². The van der Waals surface area contributed by atoms with Crippen LogP contribution in [0.25, 0.3) is 11.0 Å². The van der Waals surface area contributed by atoms with Gasteiger partial charge >= 0.3 is 0 Å². The van der Waals surface area contributed by atoms with Crippen LogP contribution >= 0.6 is 12.4 Å². The number of piperazine rings is 1. The van der Waals surface area contributed by atoms with Crippen molar-refractivity contribution in [3.8, 4) is 0 Å². The van der Waals surface area contributed by atoms with Crippen LogP contribution in [-0.2, 0) is 24.2 Å². The summed E-state index contributed by atoms with van der Waals surface area (Å²) in [6.45, 7) is 4.53. The number of halogens is 2. The highest BCUT2D eigenvalue weighted by Gasteiger charge is 2.26. The summed E-state index contributed by atoms with van der Waals surface area (Å²) >= 11 is 0. The second-order valence-corrected chi connectivity index (χ2v) is 8.56. The first-order chi connectivity index (χ1) is 15.1. The molecule has 0 spiro atoms. The van der Waals surface area contributed by atoms with E-state index in [1.165, 1.54) is 17.8 Å². The Labute approximate surface area is 193 Å². The molecule has 1 aromatic carbocycles. The maximum atomic E-state index is 13.0. The highest BCUT2D eigenvalue weighted by molar-refractivity contribution is 5.97. The molecule has 32 heavy (non-hydrogen) atoms. The number of furan rings is 1. The highest BCUT2D eigenvalue weighted by Crippen LogP contribution is 2.33. The fourth-order valence-corrected chi connectivity index (χ4v) is 4.60. The van der Waals surface area contributed by atoms with E-state index in [1.807, 2.05) is 17.0 Å². The van der Waals surface area contributed by atoms with Gasteiger partial charge in [-0.1, -0.05) is 0 Å². The van der Waals surface area contributed by atoms with E-state index < -0.39 is 0 Å². The van der Waals surface area contributed by atoms with E-state index in [-0.39, 0.29) is 24.1 Å². The molecule has 2 aromatic heterocycles. The van der Waals surface area contributed by atoms with Crippen molar-refractivity contribution in [2.24, 2.45) is 0 Å². The molecular weight excluding hydrogens is 431 g/mol. The average molecular weight is 459 g/mol. The van der Waals surface area contributed by atoms with Crippen LogP contribution in [0.1, 0.15) is 23.4 Å². The number of aryl methyl sites for hydroxylation is 1. The van der Waals surface area contributed by atoms with Gasteiger partial charge in [0.1, 0.15) is 17.2 Å². The fraction of sp³-hybridized carbons (Fsp3) is 0.417. The van der Waals surface area contributed by atoms with Gasteiger partial charge in [-0.2, -0.15) is 0 Å². The SMILES string of the molecule is CN1CCCc2oc3cc(N4CCN(CCc5ccc(F)cn5)CC4=O)ccc3c2C1.Cl. The smallest absolute Gasteiger partial charge is 0.241 e. The molecule has 2 aliphatic rings. The lowest BCUT2D eigenvalue weighted by Crippen LogP contribution is -2.50. The van der Waals surface area contributed by atoms with Crippen LogP contribution in [0.4, 0.5) is 10.1 Å². The number of pyridine rings is 1. The molecular formula is C24H28ClFN4O2. The summed E-state index contributed by atoms with van der Waals surface area (Å²) in [5, 5.41) is 1.16. The van der Waals surface area contributed by atoms with Crippen LogP contribution in [0.3, 0.4) is 0 Å². The van der Waals surface area contributed by atoms with Gasteiger partial charge in [0.15, 0.2) is 0 Å². The minimum absolute atomic E-state index is 0. The lowest BCUT2D eigenvalue weighted by atomic mass is 10.1. The number of rotatable bonds is 4.